The second-order valence-corrected chi connectivity index (χ2v) is 7.94. The number of alkyl halides is 2. The number of rotatable bonds is 5. The fraction of sp³-hybridized carbons (Fsp3) is 0.550. The molecule has 0 aliphatic carbocycles. The van der Waals surface area contributed by atoms with Crippen molar-refractivity contribution in [3.05, 3.63) is 18.3 Å². The number of anilines is 3. The van der Waals surface area contributed by atoms with Crippen LogP contribution in [0.5, 0.6) is 5.75 Å². The molecule has 2 N–H and O–H groups in total. The smallest absolute Gasteiger partial charge is 0.387 e. The Morgan fingerprint density at radius 2 is 2.00 bits per heavy atom. The molecule has 30 heavy (non-hydrogen) atoms. The number of nitrogen functional groups attached to an aromatic ring is 1. The minimum absolute atomic E-state index is 0.0846. The van der Waals surface area contributed by atoms with Gasteiger partial charge in [-0.2, -0.15) is 13.8 Å². The summed E-state index contributed by atoms with van der Waals surface area (Å²) in [6.45, 7) is 0.309. The second-order valence-electron chi connectivity index (χ2n) is 7.94. The Morgan fingerprint density at radius 1 is 1.17 bits per heavy atom. The number of piperidine rings is 1. The lowest BCUT2D eigenvalue weighted by molar-refractivity contribution is -0.0494. The molecule has 0 amide bonds. The summed E-state index contributed by atoms with van der Waals surface area (Å²) in [5.74, 6) is 1.23. The first-order chi connectivity index (χ1) is 14.6. The van der Waals surface area contributed by atoms with E-state index in [1.54, 1.807) is 0 Å². The van der Waals surface area contributed by atoms with Crippen molar-refractivity contribution in [2.75, 3.05) is 41.8 Å². The summed E-state index contributed by atoms with van der Waals surface area (Å²) in [7, 11) is 0. The molecule has 2 bridgehead atoms. The lowest BCUT2D eigenvalue weighted by Gasteiger charge is -2.31. The lowest BCUT2D eigenvalue weighted by atomic mass is 10.1. The SMILES string of the molecule is Nc1ncc(-c2cc(N3C[C@@H]4C[C@H]3CO4)nc(N3CCCCC3)n2)cc1OC(F)F. The van der Waals surface area contributed by atoms with Gasteiger partial charge in [-0.3, -0.25) is 0 Å². The average Bonchev–Trinajstić information content (AvgIpc) is 3.39. The molecule has 0 aromatic carbocycles. The molecule has 3 aliphatic heterocycles. The number of ether oxygens (including phenoxy) is 2. The number of hydrogen-bond acceptors (Lipinski definition) is 8. The Morgan fingerprint density at radius 3 is 2.70 bits per heavy atom. The molecule has 3 aliphatic rings. The molecule has 10 heteroatoms. The molecule has 5 rings (SSSR count). The van der Waals surface area contributed by atoms with Crippen molar-refractivity contribution < 1.29 is 18.3 Å². The number of halogens is 2. The van der Waals surface area contributed by atoms with Gasteiger partial charge in [0.05, 0.1) is 24.4 Å². The molecule has 160 valence electrons. The van der Waals surface area contributed by atoms with E-state index in [1.807, 2.05) is 6.07 Å². The third-order valence-electron chi connectivity index (χ3n) is 5.93. The first kappa shape index (κ1) is 19.2. The van der Waals surface area contributed by atoms with Gasteiger partial charge in [-0.1, -0.05) is 0 Å². The Balaban J connectivity index is 1.54. The second kappa shape index (κ2) is 7.82. The maximum atomic E-state index is 12.7. The van der Waals surface area contributed by atoms with Crippen molar-refractivity contribution in [1.82, 2.24) is 15.0 Å². The quantitative estimate of drug-likeness (QED) is 0.793. The van der Waals surface area contributed by atoms with Crippen LogP contribution in [0.15, 0.2) is 18.3 Å². The molecule has 0 unspecified atom stereocenters. The standard InChI is InChI=1S/C20H24F2N6O2/c21-19(22)30-16-6-12(9-24-18(16)23)15-8-17(28-10-14-7-13(28)11-29-14)26-20(25-15)27-4-2-1-3-5-27/h6,8-9,13-14,19H,1-5,7,10-11H2,(H2,23,24)/t13-,14-/m0/s1. The molecule has 8 nitrogen and oxygen atoms in total. The highest BCUT2D eigenvalue weighted by Gasteiger charge is 2.40. The summed E-state index contributed by atoms with van der Waals surface area (Å²) in [4.78, 5) is 18.1. The van der Waals surface area contributed by atoms with Gasteiger partial charge in [0.1, 0.15) is 5.82 Å². The minimum atomic E-state index is -2.98. The molecular weight excluding hydrogens is 394 g/mol. The van der Waals surface area contributed by atoms with E-state index in [0.29, 0.717) is 29.9 Å². The van der Waals surface area contributed by atoms with E-state index >= 15 is 0 Å². The molecule has 3 saturated heterocycles. The van der Waals surface area contributed by atoms with Crippen LogP contribution in [-0.2, 0) is 4.74 Å². The molecule has 2 aromatic rings. The number of nitrogens with two attached hydrogens (primary N) is 1. The lowest BCUT2D eigenvalue weighted by Crippen LogP contribution is -2.38. The van der Waals surface area contributed by atoms with Crippen LogP contribution >= 0.6 is 0 Å². The van der Waals surface area contributed by atoms with E-state index in [1.165, 1.54) is 18.7 Å². The van der Waals surface area contributed by atoms with E-state index in [-0.39, 0.29) is 17.7 Å². The van der Waals surface area contributed by atoms with Gasteiger partial charge in [-0.05, 0) is 31.7 Å². The van der Waals surface area contributed by atoms with E-state index in [0.717, 1.165) is 44.7 Å². The highest BCUT2D eigenvalue weighted by Crippen LogP contribution is 2.35. The van der Waals surface area contributed by atoms with Crippen molar-refractivity contribution in [2.45, 2.75) is 44.4 Å². The third kappa shape index (κ3) is 3.71. The molecule has 0 radical (unpaired) electrons. The molecule has 0 spiro atoms. The molecule has 2 atom stereocenters. The Labute approximate surface area is 173 Å². The highest BCUT2D eigenvalue weighted by atomic mass is 19.3. The van der Waals surface area contributed by atoms with Crippen LogP contribution in [0.4, 0.5) is 26.4 Å². The molecule has 0 saturated carbocycles. The zero-order valence-electron chi connectivity index (χ0n) is 16.5. The van der Waals surface area contributed by atoms with Gasteiger partial charge in [-0.25, -0.2) is 9.97 Å². The number of fused-ring (bicyclic) bond motifs is 2. The van der Waals surface area contributed by atoms with E-state index in [2.05, 4.69) is 19.5 Å². The van der Waals surface area contributed by atoms with Crippen LogP contribution in [0.2, 0.25) is 0 Å². The zero-order valence-corrected chi connectivity index (χ0v) is 16.5. The van der Waals surface area contributed by atoms with Crippen molar-refractivity contribution in [1.29, 1.82) is 0 Å². The number of nitrogens with zero attached hydrogens (tertiary/aromatic N) is 5. The van der Waals surface area contributed by atoms with Crippen LogP contribution in [0, 0.1) is 0 Å². The maximum absolute atomic E-state index is 12.7. The van der Waals surface area contributed by atoms with Gasteiger partial charge in [0, 0.05) is 37.5 Å². The fourth-order valence-electron chi connectivity index (χ4n) is 4.42. The first-order valence-electron chi connectivity index (χ1n) is 10.3. The van der Waals surface area contributed by atoms with Crippen LogP contribution in [0.3, 0.4) is 0 Å². The van der Waals surface area contributed by atoms with Gasteiger partial charge in [-0.15, -0.1) is 0 Å². The minimum Gasteiger partial charge on any atom is -0.431 e. The monoisotopic (exact) mass is 418 g/mol. The van der Waals surface area contributed by atoms with Crippen LogP contribution in [0.1, 0.15) is 25.7 Å². The van der Waals surface area contributed by atoms with Gasteiger partial charge in [0.2, 0.25) is 5.95 Å². The number of hydrogen-bond donors (Lipinski definition) is 1. The summed E-state index contributed by atoms with van der Waals surface area (Å²) >= 11 is 0. The first-order valence-corrected chi connectivity index (χ1v) is 10.3. The Hall–Kier alpha value is -2.75. The summed E-state index contributed by atoms with van der Waals surface area (Å²) in [5.41, 5.74) is 6.87. The fourth-order valence-corrected chi connectivity index (χ4v) is 4.42. The van der Waals surface area contributed by atoms with Crippen molar-refractivity contribution in [3.8, 4) is 17.0 Å². The predicted octanol–water partition coefficient (Wildman–Crippen LogP) is 2.69. The van der Waals surface area contributed by atoms with E-state index in [4.69, 9.17) is 20.4 Å². The van der Waals surface area contributed by atoms with Crippen LogP contribution in [-0.4, -0.2) is 60.0 Å². The largest absolute Gasteiger partial charge is 0.431 e. The Kier molecular flexibility index (Phi) is 5.01. The molecular formula is C20H24F2N6O2. The number of pyridine rings is 1. The third-order valence-corrected chi connectivity index (χ3v) is 5.93. The van der Waals surface area contributed by atoms with Crippen molar-refractivity contribution >= 4 is 17.6 Å². The van der Waals surface area contributed by atoms with Crippen molar-refractivity contribution in [2.24, 2.45) is 0 Å². The maximum Gasteiger partial charge on any atom is 0.387 e. The summed E-state index contributed by atoms with van der Waals surface area (Å²) < 4.78 is 35.7. The topological polar surface area (TPSA) is 89.6 Å². The highest BCUT2D eigenvalue weighted by molar-refractivity contribution is 5.68. The Bertz CT molecular complexity index is 924. The van der Waals surface area contributed by atoms with Crippen LogP contribution in [0.25, 0.3) is 11.3 Å². The van der Waals surface area contributed by atoms with E-state index < -0.39 is 6.61 Å². The van der Waals surface area contributed by atoms with Crippen molar-refractivity contribution in [3.63, 3.8) is 0 Å². The molecule has 3 fully saturated rings. The van der Waals surface area contributed by atoms with Crippen LogP contribution < -0.4 is 20.3 Å². The number of morpholine rings is 1. The average molecular weight is 418 g/mol. The predicted molar refractivity (Wildman–Crippen MR) is 108 cm³/mol. The van der Waals surface area contributed by atoms with Gasteiger partial charge in [0.25, 0.3) is 0 Å². The van der Waals surface area contributed by atoms with Gasteiger partial charge >= 0.3 is 6.61 Å². The van der Waals surface area contributed by atoms with E-state index in [9.17, 15) is 8.78 Å². The summed E-state index contributed by atoms with van der Waals surface area (Å²) in [6.07, 6.45) is 6.15. The number of aromatic nitrogens is 3. The molecule has 5 heterocycles. The zero-order chi connectivity index (χ0) is 20.7. The van der Waals surface area contributed by atoms with Gasteiger partial charge in [0.15, 0.2) is 11.6 Å². The van der Waals surface area contributed by atoms with Gasteiger partial charge < -0.3 is 25.0 Å². The summed E-state index contributed by atoms with van der Waals surface area (Å²) in [6, 6.07) is 3.64. The normalized spacial score (nSPS) is 23.4. The molecule has 2 aromatic heterocycles. The summed E-state index contributed by atoms with van der Waals surface area (Å²) in [5, 5.41) is 0.